The number of hydrogen-bond acceptors (Lipinski definition) is 4. The van der Waals surface area contributed by atoms with Gasteiger partial charge in [0.2, 0.25) is 0 Å². The predicted octanol–water partition coefficient (Wildman–Crippen LogP) is 6.06. The van der Waals surface area contributed by atoms with Crippen LogP contribution in [0.15, 0.2) is 72.8 Å². The molecule has 5 nitrogen and oxygen atoms in total. The zero-order chi connectivity index (χ0) is 22.3. The molecule has 1 unspecified atom stereocenters. The van der Waals surface area contributed by atoms with Crippen molar-refractivity contribution in [2.75, 3.05) is 6.61 Å². The highest BCUT2D eigenvalue weighted by Gasteiger charge is 2.22. The van der Waals surface area contributed by atoms with Crippen LogP contribution in [0.2, 0.25) is 0 Å². The summed E-state index contributed by atoms with van der Waals surface area (Å²) in [5.41, 5.74) is 4.86. The fraction of sp³-hybridized carbons (Fsp3) is 0.259. The largest absolute Gasteiger partial charge is 0.489 e. The summed E-state index contributed by atoms with van der Waals surface area (Å²) in [5, 5.41) is 0. The summed E-state index contributed by atoms with van der Waals surface area (Å²) in [6.07, 6.45) is 7.20. The minimum atomic E-state index is -0.240. The van der Waals surface area contributed by atoms with E-state index in [0.717, 1.165) is 46.1 Å². The fourth-order valence-electron chi connectivity index (χ4n) is 3.75. The third-order valence-electron chi connectivity index (χ3n) is 5.47. The van der Waals surface area contributed by atoms with E-state index in [-0.39, 0.29) is 18.3 Å². The van der Waals surface area contributed by atoms with E-state index in [2.05, 4.69) is 18.0 Å². The van der Waals surface area contributed by atoms with Gasteiger partial charge in [0.15, 0.2) is 0 Å². The molecule has 3 aromatic rings. The van der Waals surface area contributed by atoms with Crippen LogP contribution < -0.4 is 4.74 Å². The number of rotatable bonds is 7. The number of nitrogens with one attached hydrogen (secondary N) is 1. The molecule has 1 aromatic heterocycles. The van der Waals surface area contributed by atoms with Crippen LogP contribution in [0, 0.1) is 0 Å². The molecule has 4 rings (SSSR count). The Balaban J connectivity index is 1.55. The summed E-state index contributed by atoms with van der Waals surface area (Å²) in [6, 6.07) is 18.0. The van der Waals surface area contributed by atoms with Crippen LogP contribution in [-0.4, -0.2) is 22.5 Å². The minimum absolute atomic E-state index is 0.203. The molecule has 5 heteroatoms. The highest BCUT2D eigenvalue weighted by atomic mass is 16.5. The van der Waals surface area contributed by atoms with Gasteiger partial charge in [0.1, 0.15) is 18.2 Å². The lowest BCUT2D eigenvalue weighted by molar-refractivity contribution is -0.141. The first-order chi connectivity index (χ1) is 15.6. The van der Waals surface area contributed by atoms with Crippen molar-refractivity contribution < 1.29 is 14.3 Å². The summed E-state index contributed by atoms with van der Waals surface area (Å²) < 4.78 is 11.1. The van der Waals surface area contributed by atoms with Crippen molar-refractivity contribution in [1.82, 2.24) is 9.97 Å². The van der Waals surface area contributed by atoms with Crippen molar-refractivity contribution in [2.45, 2.75) is 39.2 Å². The number of imidazole rings is 1. The fourth-order valence-corrected chi connectivity index (χ4v) is 3.75. The average molecular weight is 429 g/mol. The molecule has 0 amide bonds. The zero-order valence-corrected chi connectivity index (χ0v) is 18.5. The van der Waals surface area contributed by atoms with Gasteiger partial charge < -0.3 is 14.5 Å². The lowest BCUT2D eigenvalue weighted by Crippen LogP contribution is -2.07. The van der Waals surface area contributed by atoms with Gasteiger partial charge in [-0.1, -0.05) is 55.5 Å². The topological polar surface area (TPSA) is 64.2 Å². The number of benzene rings is 2. The molecule has 0 saturated carbocycles. The minimum Gasteiger partial charge on any atom is -0.489 e. The lowest BCUT2D eigenvalue weighted by Gasteiger charge is -2.13. The number of nitrogens with zero attached hydrogens (tertiary/aromatic N) is 1. The molecule has 0 saturated heterocycles. The number of carbonyl (C=O) groups excluding carboxylic acids is 1. The molecule has 2 aromatic carbocycles. The first kappa shape index (κ1) is 21.6. The number of aromatic amines is 1. The predicted molar refractivity (Wildman–Crippen MR) is 126 cm³/mol. The van der Waals surface area contributed by atoms with Crippen LogP contribution in [-0.2, 0) is 16.1 Å². The van der Waals surface area contributed by atoms with E-state index in [4.69, 9.17) is 14.5 Å². The molecule has 1 heterocycles. The van der Waals surface area contributed by atoms with Gasteiger partial charge >= 0.3 is 5.97 Å². The summed E-state index contributed by atoms with van der Waals surface area (Å²) in [4.78, 5) is 20.5. The molecule has 1 aliphatic rings. The lowest BCUT2D eigenvalue weighted by atomic mass is 9.95. The van der Waals surface area contributed by atoms with Crippen molar-refractivity contribution >= 4 is 11.5 Å². The van der Waals surface area contributed by atoms with E-state index in [1.807, 2.05) is 73.7 Å². The summed E-state index contributed by atoms with van der Waals surface area (Å²) in [7, 11) is 0. The number of carbonyl (C=O) groups is 1. The van der Waals surface area contributed by atoms with Crippen LogP contribution in [0.4, 0.5) is 0 Å². The van der Waals surface area contributed by atoms with Crippen LogP contribution in [0.25, 0.3) is 17.0 Å². The maximum atomic E-state index is 12.1. The summed E-state index contributed by atoms with van der Waals surface area (Å²) in [5.74, 6) is 1.62. The molecule has 1 atom stereocenters. The maximum absolute atomic E-state index is 12.1. The van der Waals surface area contributed by atoms with E-state index in [1.54, 1.807) is 0 Å². The number of allylic oxidation sites excluding steroid dienone is 3. The van der Waals surface area contributed by atoms with E-state index < -0.39 is 0 Å². The quantitative estimate of drug-likeness (QED) is 0.465. The Hall–Kier alpha value is -3.60. The molecular weight excluding hydrogens is 400 g/mol. The number of H-pyrrole nitrogens is 1. The van der Waals surface area contributed by atoms with Crippen LogP contribution >= 0.6 is 0 Å². The van der Waals surface area contributed by atoms with Gasteiger partial charge in [-0.15, -0.1) is 0 Å². The number of hydrogen-bond donors (Lipinski definition) is 1. The van der Waals surface area contributed by atoms with Gasteiger partial charge in [0, 0.05) is 17.2 Å². The molecule has 0 bridgehead atoms. The third kappa shape index (κ3) is 5.17. The number of ether oxygens (including phenoxy) is 2. The van der Waals surface area contributed by atoms with Gasteiger partial charge in [-0.3, -0.25) is 4.79 Å². The molecule has 1 N–H and O–H groups in total. The van der Waals surface area contributed by atoms with Gasteiger partial charge in [-0.25, -0.2) is 4.98 Å². The van der Waals surface area contributed by atoms with Crippen molar-refractivity contribution in [3.8, 4) is 17.1 Å². The van der Waals surface area contributed by atoms with Gasteiger partial charge in [-0.2, -0.15) is 0 Å². The van der Waals surface area contributed by atoms with Crippen LogP contribution in [0.1, 0.15) is 49.6 Å². The first-order valence-electron chi connectivity index (χ1n) is 11.0. The zero-order valence-electron chi connectivity index (χ0n) is 18.5. The number of aromatic nitrogens is 2. The Morgan fingerprint density at radius 3 is 2.66 bits per heavy atom. The SMILES string of the molecule is CCOC(=O)C/C1=C/C=C/CC(C)c2[nH]c(-c3ccc(OCc4ccccc4)cc3)nc21. The highest BCUT2D eigenvalue weighted by molar-refractivity contribution is 5.86. The Labute approximate surface area is 188 Å². The van der Waals surface area contributed by atoms with Crippen LogP contribution in [0.5, 0.6) is 5.75 Å². The van der Waals surface area contributed by atoms with Crippen molar-refractivity contribution in [3.63, 3.8) is 0 Å². The number of esters is 1. The molecule has 0 spiro atoms. The second-order valence-corrected chi connectivity index (χ2v) is 7.88. The van der Waals surface area contributed by atoms with Gasteiger partial charge in [0.25, 0.3) is 0 Å². The molecule has 32 heavy (non-hydrogen) atoms. The Morgan fingerprint density at radius 2 is 1.91 bits per heavy atom. The van der Waals surface area contributed by atoms with Crippen LogP contribution in [0.3, 0.4) is 0 Å². The molecule has 0 radical (unpaired) electrons. The average Bonchev–Trinajstić information content (AvgIpc) is 3.25. The third-order valence-corrected chi connectivity index (χ3v) is 5.47. The van der Waals surface area contributed by atoms with Gasteiger partial charge in [-0.05, 0) is 48.7 Å². The Kier molecular flexibility index (Phi) is 6.85. The van der Waals surface area contributed by atoms with Gasteiger partial charge in [0.05, 0.1) is 18.7 Å². The Morgan fingerprint density at radius 1 is 1.12 bits per heavy atom. The summed E-state index contributed by atoms with van der Waals surface area (Å²) in [6.45, 7) is 4.88. The second-order valence-electron chi connectivity index (χ2n) is 7.88. The molecule has 0 fully saturated rings. The normalized spacial score (nSPS) is 17.9. The molecule has 0 aliphatic heterocycles. The standard InChI is InChI=1S/C27H28N2O3/c1-3-31-24(30)17-22-12-8-7-9-19(2)25-26(22)29-27(28-25)21-13-15-23(16-14-21)32-18-20-10-5-4-6-11-20/h4-8,10-16,19H,3,9,17-18H2,1-2H3,(H,28,29)/b8-7+,22-12-. The highest BCUT2D eigenvalue weighted by Crippen LogP contribution is 2.33. The van der Waals surface area contributed by atoms with Crippen molar-refractivity contribution in [2.24, 2.45) is 0 Å². The monoisotopic (exact) mass is 428 g/mol. The second kappa shape index (κ2) is 10.1. The molecule has 1 aliphatic carbocycles. The molecule has 164 valence electrons. The summed E-state index contributed by atoms with van der Waals surface area (Å²) >= 11 is 0. The van der Waals surface area contributed by atoms with E-state index in [0.29, 0.717) is 13.2 Å². The van der Waals surface area contributed by atoms with Crippen molar-refractivity contribution in [3.05, 3.63) is 89.8 Å². The Bertz CT molecular complexity index is 1110. The van der Waals surface area contributed by atoms with Crippen molar-refractivity contribution in [1.29, 1.82) is 0 Å². The maximum Gasteiger partial charge on any atom is 0.310 e. The van der Waals surface area contributed by atoms with E-state index in [1.165, 1.54) is 0 Å². The van der Waals surface area contributed by atoms with E-state index in [9.17, 15) is 4.79 Å². The first-order valence-corrected chi connectivity index (χ1v) is 11.0. The smallest absolute Gasteiger partial charge is 0.310 e. The molecular formula is C27H28N2O3. The van der Waals surface area contributed by atoms with E-state index >= 15 is 0 Å². The number of fused-ring (bicyclic) bond motifs is 1.